The van der Waals surface area contributed by atoms with Crippen LogP contribution in [-0.2, 0) is 24.2 Å². The number of carbonyl (C=O) groups is 1. The lowest BCUT2D eigenvalue weighted by Crippen LogP contribution is -2.43. The zero-order chi connectivity index (χ0) is 21.3. The van der Waals surface area contributed by atoms with Crippen LogP contribution in [0.25, 0.3) is 10.9 Å². The summed E-state index contributed by atoms with van der Waals surface area (Å²) >= 11 is 0. The fourth-order valence-corrected chi connectivity index (χ4v) is 3.34. The Balaban J connectivity index is 1.64. The van der Waals surface area contributed by atoms with Crippen molar-refractivity contribution in [3.05, 3.63) is 71.4 Å². The molecule has 1 aromatic heterocycles. The van der Waals surface area contributed by atoms with E-state index in [0.29, 0.717) is 12.5 Å². The van der Waals surface area contributed by atoms with E-state index in [1.165, 1.54) is 22.0 Å². The third-order valence-corrected chi connectivity index (χ3v) is 5.12. The number of benzene rings is 2. The fraction of sp³-hybridized carbons (Fsp3) is 0.333. The van der Waals surface area contributed by atoms with E-state index < -0.39 is 0 Å². The van der Waals surface area contributed by atoms with Crippen molar-refractivity contribution in [2.45, 2.75) is 26.3 Å². The smallest absolute Gasteiger partial charge is 0.241 e. The first-order valence-electron chi connectivity index (χ1n) is 10.4. The molecule has 158 valence electrons. The van der Waals surface area contributed by atoms with Crippen LogP contribution in [0.3, 0.4) is 0 Å². The van der Waals surface area contributed by atoms with Crippen LogP contribution in [0.4, 0.5) is 0 Å². The van der Waals surface area contributed by atoms with E-state index >= 15 is 0 Å². The first-order chi connectivity index (χ1) is 14.6. The van der Waals surface area contributed by atoms with Crippen LogP contribution in [0.2, 0.25) is 0 Å². The number of likely N-dealkylation sites (N-methyl/N-ethyl adjacent to an activating group) is 1. The van der Waals surface area contributed by atoms with E-state index in [2.05, 4.69) is 51.9 Å². The number of amides is 1. The van der Waals surface area contributed by atoms with Gasteiger partial charge >= 0.3 is 0 Å². The van der Waals surface area contributed by atoms with Crippen LogP contribution < -0.4 is 10.6 Å². The molecule has 1 amide bonds. The molecule has 3 rings (SSSR count). The number of hydrogen-bond donors (Lipinski definition) is 3. The summed E-state index contributed by atoms with van der Waals surface area (Å²) in [7, 11) is 3.50. The van der Waals surface area contributed by atoms with Gasteiger partial charge in [0.25, 0.3) is 0 Å². The standard InChI is InChI=1S/C24H31N5O/c1-4-19-11-8-12-21-20(16-26-23(19)21)13-14-25-24(28-17-22(30)29(2)3)27-15-18-9-6-5-7-10-18/h5-12,16,26H,4,13-15,17H2,1-3H3,(H2,25,27,28). The van der Waals surface area contributed by atoms with Crippen molar-refractivity contribution in [2.75, 3.05) is 27.2 Å². The Bertz CT molecular complexity index is 991. The van der Waals surface area contributed by atoms with Gasteiger partial charge in [0.15, 0.2) is 5.96 Å². The number of rotatable bonds is 8. The number of para-hydroxylation sites is 1. The summed E-state index contributed by atoms with van der Waals surface area (Å²) in [5, 5.41) is 7.79. The average Bonchev–Trinajstić information content (AvgIpc) is 3.18. The molecule has 30 heavy (non-hydrogen) atoms. The normalized spacial score (nSPS) is 11.5. The van der Waals surface area contributed by atoms with Crippen LogP contribution in [0.5, 0.6) is 0 Å². The molecule has 0 radical (unpaired) electrons. The summed E-state index contributed by atoms with van der Waals surface area (Å²) in [6.07, 6.45) is 3.96. The Hall–Kier alpha value is -3.28. The first kappa shape index (κ1) is 21.4. The molecule has 0 aliphatic rings. The topological polar surface area (TPSA) is 72.5 Å². The third kappa shape index (κ3) is 5.63. The van der Waals surface area contributed by atoms with Gasteiger partial charge < -0.3 is 20.5 Å². The van der Waals surface area contributed by atoms with Crippen molar-refractivity contribution >= 4 is 22.8 Å². The minimum Gasteiger partial charge on any atom is -0.361 e. The summed E-state index contributed by atoms with van der Waals surface area (Å²) in [5.41, 5.74) is 4.96. The average molecular weight is 406 g/mol. The quantitative estimate of drug-likeness (QED) is 0.398. The molecule has 0 aliphatic carbocycles. The molecule has 2 aromatic carbocycles. The lowest BCUT2D eigenvalue weighted by Gasteiger charge is -2.15. The number of carbonyl (C=O) groups excluding carboxylic acids is 1. The van der Waals surface area contributed by atoms with Crippen molar-refractivity contribution in [1.29, 1.82) is 0 Å². The third-order valence-electron chi connectivity index (χ3n) is 5.12. The number of H-pyrrole nitrogens is 1. The molecule has 0 fully saturated rings. The summed E-state index contributed by atoms with van der Waals surface area (Å²) in [4.78, 5) is 21.6. The Morgan fingerprint density at radius 3 is 2.57 bits per heavy atom. The summed E-state index contributed by atoms with van der Waals surface area (Å²) in [6.45, 7) is 3.66. The van der Waals surface area contributed by atoms with E-state index in [1.807, 2.05) is 30.3 Å². The minimum atomic E-state index is 0.00735. The van der Waals surface area contributed by atoms with Crippen molar-refractivity contribution in [3.8, 4) is 0 Å². The lowest BCUT2D eigenvalue weighted by atomic mass is 10.1. The molecular formula is C24H31N5O. The fourth-order valence-electron chi connectivity index (χ4n) is 3.34. The highest BCUT2D eigenvalue weighted by Crippen LogP contribution is 2.22. The van der Waals surface area contributed by atoms with Gasteiger partial charge in [-0.15, -0.1) is 0 Å². The second-order valence-corrected chi connectivity index (χ2v) is 7.48. The second-order valence-electron chi connectivity index (χ2n) is 7.48. The number of hydrogen-bond acceptors (Lipinski definition) is 2. The summed E-state index contributed by atoms with van der Waals surface area (Å²) in [6, 6.07) is 16.5. The van der Waals surface area contributed by atoms with Crippen LogP contribution >= 0.6 is 0 Å². The van der Waals surface area contributed by atoms with Crippen LogP contribution in [0, 0.1) is 0 Å². The van der Waals surface area contributed by atoms with E-state index in [-0.39, 0.29) is 12.5 Å². The molecule has 6 heteroatoms. The highest BCUT2D eigenvalue weighted by atomic mass is 16.2. The Labute approximate surface area is 178 Å². The molecule has 0 saturated heterocycles. The maximum atomic E-state index is 12.0. The van der Waals surface area contributed by atoms with E-state index in [0.717, 1.165) is 24.9 Å². The van der Waals surface area contributed by atoms with Gasteiger partial charge in [-0.25, -0.2) is 4.99 Å². The molecule has 3 N–H and O–H groups in total. The van der Waals surface area contributed by atoms with Crippen molar-refractivity contribution in [1.82, 2.24) is 20.5 Å². The zero-order valence-corrected chi connectivity index (χ0v) is 18.0. The number of aromatic amines is 1. The minimum absolute atomic E-state index is 0.00735. The molecule has 0 bridgehead atoms. The van der Waals surface area contributed by atoms with Gasteiger partial charge in [0, 0.05) is 37.7 Å². The molecule has 0 saturated carbocycles. The summed E-state index contributed by atoms with van der Waals surface area (Å²) in [5.74, 6) is 0.649. The van der Waals surface area contributed by atoms with Gasteiger partial charge in [-0.2, -0.15) is 0 Å². The van der Waals surface area contributed by atoms with Crippen molar-refractivity contribution in [2.24, 2.45) is 4.99 Å². The molecule has 0 aliphatic heterocycles. The Morgan fingerprint density at radius 1 is 1.03 bits per heavy atom. The molecule has 6 nitrogen and oxygen atoms in total. The van der Waals surface area contributed by atoms with Gasteiger partial charge in [-0.3, -0.25) is 4.79 Å². The highest BCUT2D eigenvalue weighted by Gasteiger charge is 2.08. The molecular weight excluding hydrogens is 374 g/mol. The Morgan fingerprint density at radius 2 is 1.83 bits per heavy atom. The number of guanidine groups is 1. The molecule has 3 aromatic rings. The molecule has 1 heterocycles. The van der Waals surface area contributed by atoms with Crippen molar-refractivity contribution in [3.63, 3.8) is 0 Å². The van der Waals surface area contributed by atoms with Crippen LogP contribution in [-0.4, -0.2) is 48.9 Å². The zero-order valence-electron chi connectivity index (χ0n) is 18.0. The van der Waals surface area contributed by atoms with Crippen molar-refractivity contribution < 1.29 is 4.79 Å². The summed E-state index contributed by atoms with van der Waals surface area (Å²) < 4.78 is 0. The van der Waals surface area contributed by atoms with Gasteiger partial charge in [-0.05, 0) is 29.5 Å². The predicted molar refractivity (Wildman–Crippen MR) is 124 cm³/mol. The number of fused-ring (bicyclic) bond motifs is 1. The van der Waals surface area contributed by atoms with Crippen LogP contribution in [0.15, 0.2) is 59.7 Å². The monoisotopic (exact) mass is 405 g/mol. The number of aliphatic imine (C=N–C) groups is 1. The first-order valence-corrected chi connectivity index (χ1v) is 10.4. The predicted octanol–water partition coefficient (Wildman–Crippen LogP) is 3.10. The van der Waals surface area contributed by atoms with Gasteiger partial charge in [0.1, 0.15) is 0 Å². The molecule has 0 unspecified atom stereocenters. The maximum Gasteiger partial charge on any atom is 0.241 e. The van der Waals surface area contributed by atoms with Gasteiger partial charge in [0.2, 0.25) is 5.91 Å². The van der Waals surface area contributed by atoms with Gasteiger partial charge in [-0.1, -0.05) is 55.5 Å². The van der Waals surface area contributed by atoms with Crippen LogP contribution in [0.1, 0.15) is 23.6 Å². The van der Waals surface area contributed by atoms with E-state index in [9.17, 15) is 4.79 Å². The second kappa shape index (κ2) is 10.5. The number of nitrogens with zero attached hydrogens (tertiary/aromatic N) is 2. The maximum absolute atomic E-state index is 12.0. The lowest BCUT2D eigenvalue weighted by molar-refractivity contribution is -0.127. The van der Waals surface area contributed by atoms with Gasteiger partial charge in [0.05, 0.1) is 13.1 Å². The molecule has 0 atom stereocenters. The molecule has 0 spiro atoms. The SMILES string of the molecule is CCc1cccc2c(CCNC(=NCc3ccccc3)NCC(=O)N(C)C)c[nH]c12. The van der Waals surface area contributed by atoms with E-state index in [4.69, 9.17) is 0 Å². The number of aromatic nitrogens is 1. The largest absolute Gasteiger partial charge is 0.361 e. The van der Waals surface area contributed by atoms with E-state index in [1.54, 1.807) is 19.0 Å². The Kier molecular flexibility index (Phi) is 7.49. The highest BCUT2D eigenvalue weighted by molar-refractivity contribution is 5.87. The number of aryl methyl sites for hydroxylation is 1. The number of nitrogens with one attached hydrogen (secondary N) is 3.